The average molecular weight is 296 g/mol. The lowest BCUT2D eigenvalue weighted by Gasteiger charge is -2.38. The molecule has 1 fully saturated rings. The van der Waals surface area contributed by atoms with E-state index in [1.165, 1.54) is 10.4 Å². The molecule has 0 bridgehead atoms. The highest BCUT2D eigenvalue weighted by Crippen LogP contribution is 2.41. The molecular weight excluding hydrogens is 276 g/mol. The topological polar surface area (TPSA) is 46.3 Å². The van der Waals surface area contributed by atoms with Gasteiger partial charge >= 0.3 is 0 Å². The van der Waals surface area contributed by atoms with Crippen LogP contribution in [0.25, 0.3) is 0 Å². The van der Waals surface area contributed by atoms with Crippen LogP contribution in [0.3, 0.4) is 0 Å². The van der Waals surface area contributed by atoms with Crippen molar-refractivity contribution in [3.63, 3.8) is 0 Å². The lowest BCUT2D eigenvalue weighted by atomic mass is 9.98. The number of likely N-dealkylation sites (tertiary alicyclic amines) is 1. The summed E-state index contributed by atoms with van der Waals surface area (Å²) < 4.78 is 0. The fourth-order valence-electron chi connectivity index (χ4n) is 3.04. The van der Waals surface area contributed by atoms with Crippen LogP contribution in [0.5, 0.6) is 0 Å². The predicted molar refractivity (Wildman–Crippen MR) is 81.6 cm³/mol. The summed E-state index contributed by atoms with van der Waals surface area (Å²) in [4.78, 5) is 16.3. The van der Waals surface area contributed by atoms with Crippen molar-refractivity contribution in [2.75, 3.05) is 12.3 Å². The van der Waals surface area contributed by atoms with Crippen molar-refractivity contribution < 1.29 is 4.79 Å². The molecule has 2 aliphatic heterocycles. The molecule has 3 atom stereocenters. The molecule has 3 rings (SSSR count). The molecule has 0 saturated carbocycles. The minimum absolute atomic E-state index is 0.0202. The van der Waals surface area contributed by atoms with Crippen LogP contribution in [0.2, 0.25) is 0 Å². The maximum Gasteiger partial charge on any atom is 0.240 e. The van der Waals surface area contributed by atoms with Gasteiger partial charge in [-0.3, -0.25) is 4.79 Å². The van der Waals surface area contributed by atoms with Gasteiger partial charge in [-0.25, -0.2) is 0 Å². The van der Waals surface area contributed by atoms with Crippen LogP contribution < -0.4 is 5.73 Å². The van der Waals surface area contributed by atoms with Gasteiger partial charge in [-0.15, -0.1) is 23.1 Å². The number of thioether (sulfide) groups is 1. The minimum atomic E-state index is 0.0202. The van der Waals surface area contributed by atoms with Gasteiger partial charge in [0.15, 0.2) is 0 Å². The number of carbonyl (C=O) groups is 1. The fourth-order valence-corrected chi connectivity index (χ4v) is 5.40. The number of piperidine rings is 1. The van der Waals surface area contributed by atoms with Crippen LogP contribution in [0.1, 0.15) is 35.5 Å². The number of rotatable bonds is 1. The van der Waals surface area contributed by atoms with E-state index in [9.17, 15) is 4.79 Å². The summed E-state index contributed by atoms with van der Waals surface area (Å²) in [5.74, 6) is 1.36. The van der Waals surface area contributed by atoms with Crippen molar-refractivity contribution in [3.05, 3.63) is 21.9 Å². The highest BCUT2D eigenvalue weighted by Gasteiger charge is 2.35. The Morgan fingerprint density at radius 1 is 1.53 bits per heavy atom. The lowest BCUT2D eigenvalue weighted by molar-refractivity contribution is -0.134. The van der Waals surface area contributed by atoms with E-state index in [1.54, 1.807) is 23.1 Å². The zero-order valence-corrected chi connectivity index (χ0v) is 12.8. The summed E-state index contributed by atoms with van der Waals surface area (Å²) >= 11 is 3.59. The van der Waals surface area contributed by atoms with E-state index in [2.05, 4.69) is 18.4 Å². The Balaban J connectivity index is 1.78. The summed E-state index contributed by atoms with van der Waals surface area (Å²) in [6.45, 7) is 2.94. The molecule has 1 aromatic heterocycles. The first-order valence-electron chi connectivity index (χ1n) is 6.90. The van der Waals surface area contributed by atoms with Gasteiger partial charge in [0, 0.05) is 23.5 Å². The zero-order chi connectivity index (χ0) is 13.4. The number of nitrogens with zero attached hydrogens (tertiary/aromatic N) is 1. The van der Waals surface area contributed by atoms with Crippen molar-refractivity contribution in [3.8, 4) is 0 Å². The fraction of sp³-hybridized carbons (Fsp3) is 0.643. The van der Waals surface area contributed by atoms with E-state index >= 15 is 0 Å². The molecule has 2 N–H and O–H groups in total. The van der Waals surface area contributed by atoms with Gasteiger partial charge in [0.05, 0.1) is 0 Å². The van der Waals surface area contributed by atoms with Gasteiger partial charge in [-0.05, 0) is 48.9 Å². The number of hydrogen-bond acceptors (Lipinski definition) is 4. The molecule has 5 heteroatoms. The standard InChI is InChI=1S/C14H20N2OS2/c1-9-8-10(15)2-5-16(9)14(17)13-11-3-6-18-12(11)4-7-19-13/h3,6,9-10,13H,2,4-5,7-8,15H2,1H3/t9-,10-,13+/m1/s1. The molecule has 1 amide bonds. The first-order valence-corrected chi connectivity index (χ1v) is 8.83. The largest absolute Gasteiger partial charge is 0.339 e. The number of aryl methyl sites for hydroxylation is 1. The Kier molecular flexibility index (Phi) is 3.87. The summed E-state index contributed by atoms with van der Waals surface area (Å²) in [6, 6.07) is 2.67. The molecule has 0 aromatic carbocycles. The Morgan fingerprint density at radius 3 is 3.16 bits per heavy atom. The molecule has 2 aliphatic rings. The summed E-state index contributed by atoms with van der Waals surface area (Å²) in [7, 11) is 0. The van der Waals surface area contributed by atoms with Crippen molar-refractivity contribution in [1.82, 2.24) is 4.90 Å². The van der Waals surface area contributed by atoms with Gasteiger partial charge in [0.25, 0.3) is 0 Å². The second kappa shape index (κ2) is 5.46. The number of fused-ring (bicyclic) bond motifs is 1. The SMILES string of the molecule is C[C@@H]1C[C@H](N)CCN1C(=O)[C@H]1SCCc2sccc21. The van der Waals surface area contributed by atoms with Gasteiger partial charge in [-0.1, -0.05) is 0 Å². The molecule has 3 nitrogen and oxygen atoms in total. The van der Waals surface area contributed by atoms with E-state index in [4.69, 9.17) is 5.73 Å². The maximum atomic E-state index is 12.8. The van der Waals surface area contributed by atoms with Crippen LogP contribution >= 0.6 is 23.1 Å². The molecule has 104 valence electrons. The van der Waals surface area contributed by atoms with Crippen LogP contribution in [-0.4, -0.2) is 35.2 Å². The third-order valence-corrected chi connectivity index (χ3v) is 6.33. The van der Waals surface area contributed by atoms with Crippen molar-refractivity contribution in [2.24, 2.45) is 5.73 Å². The van der Waals surface area contributed by atoms with Crippen molar-refractivity contribution in [1.29, 1.82) is 0 Å². The quantitative estimate of drug-likeness (QED) is 0.865. The van der Waals surface area contributed by atoms with Gasteiger partial charge in [-0.2, -0.15) is 0 Å². The monoisotopic (exact) mass is 296 g/mol. The lowest BCUT2D eigenvalue weighted by Crippen LogP contribution is -2.49. The van der Waals surface area contributed by atoms with Crippen molar-refractivity contribution in [2.45, 2.75) is 43.5 Å². The zero-order valence-electron chi connectivity index (χ0n) is 11.2. The number of hydrogen-bond donors (Lipinski definition) is 1. The molecule has 0 aliphatic carbocycles. The van der Waals surface area contributed by atoms with E-state index < -0.39 is 0 Å². The maximum absolute atomic E-state index is 12.8. The molecule has 1 saturated heterocycles. The van der Waals surface area contributed by atoms with E-state index in [0.29, 0.717) is 5.91 Å². The van der Waals surface area contributed by atoms with Gasteiger partial charge in [0.2, 0.25) is 5.91 Å². The summed E-state index contributed by atoms with van der Waals surface area (Å²) in [5, 5.41) is 2.14. The average Bonchev–Trinajstić information content (AvgIpc) is 2.86. The van der Waals surface area contributed by atoms with Crippen LogP contribution in [-0.2, 0) is 11.2 Å². The molecule has 1 aromatic rings. The smallest absolute Gasteiger partial charge is 0.240 e. The third kappa shape index (κ3) is 2.56. The highest BCUT2D eigenvalue weighted by atomic mass is 32.2. The van der Waals surface area contributed by atoms with Gasteiger partial charge < -0.3 is 10.6 Å². The number of amides is 1. The third-order valence-electron chi connectivity index (χ3n) is 4.10. The second-order valence-corrected chi connectivity index (χ2v) is 7.68. The molecule has 19 heavy (non-hydrogen) atoms. The highest BCUT2D eigenvalue weighted by molar-refractivity contribution is 8.00. The van der Waals surface area contributed by atoms with Crippen molar-refractivity contribution >= 4 is 29.0 Å². The van der Waals surface area contributed by atoms with E-state index in [-0.39, 0.29) is 17.3 Å². The number of thiophene rings is 1. The Bertz CT molecular complexity index is 474. The Hall–Kier alpha value is -0.520. The van der Waals surface area contributed by atoms with Crippen LogP contribution in [0.15, 0.2) is 11.4 Å². The first kappa shape index (κ1) is 13.5. The van der Waals surface area contributed by atoms with Crippen LogP contribution in [0.4, 0.5) is 0 Å². The second-order valence-electron chi connectivity index (χ2n) is 5.47. The van der Waals surface area contributed by atoms with Gasteiger partial charge in [0.1, 0.15) is 5.25 Å². The van der Waals surface area contributed by atoms with Crippen LogP contribution in [0, 0.1) is 0 Å². The molecule has 0 unspecified atom stereocenters. The molecule has 3 heterocycles. The number of nitrogens with two attached hydrogens (primary N) is 1. The number of carbonyl (C=O) groups excluding carboxylic acids is 1. The first-order chi connectivity index (χ1) is 9.16. The Morgan fingerprint density at radius 2 is 2.37 bits per heavy atom. The normalized spacial score (nSPS) is 31.1. The molecule has 0 radical (unpaired) electrons. The Labute approximate surface area is 122 Å². The summed E-state index contributed by atoms with van der Waals surface area (Å²) in [6.07, 6.45) is 2.98. The predicted octanol–water partition coefficient (Wildman–Crippen LogP) is 2.42. The van der Waals surface area contributed by atoms with E-state index in [1.807, 2.05) is 4.90 Å². The van der Waals surface area contributed by atoms with E-state index in [0.717, 1.165) is 31.6 Å². The molecular formula is C14H20N2OS2. The minimum Gasteiger partial charge on any atom is -0.339 e. The summed E-state index contributed by atoms with van der Waals surface area (Å²) in [5.41, 5.74) is 7.24. The molecule has 0 spiro atoms.